The van der Waals surface area contributed by atoms with Crippen LogP contribution in [0.3, 0.4) is 0 Å². The summed E-state index contributed by atoms with van der Waals surface area (Å²) in [7, 11) is -4.55. The van der Waals surface area contributed by atoms with Crippen LogP contribution in [-0.2, 0) is 18.3 Å². The predicted molar refractivity (Wildman–Crippen MR) is 184 cm³/mol. The highest BCUT2D eigenvalue weighted by molar-refractivity contribution is 6.99. The summed E-state index contributed by atoms with van der Waals surface area (Å²) in [5.74, 6) is -0.637. The Labute approximate surface area is 264 Å². The Morgan fingerprint density at radius 2 is 1.35 bits per heavy atom. The summed E-state index contributed by atoms with van der Waals surface area (Å²) in [6.07, 6.45) is 3.00. The fraction of sp³-hybridized carbons (Fsp3) is 0.611. The monoisotopic (exact) mass is 626 g/mol. The van der Waals surface area contributed by atoms with E-state index < -0.39 is 34.6 Å². The first-order chi connectivity index (χ1) is 19.8. The average Bonchev–Trinajstić information content (AvgIpc) is 3.23. The van der Waals surface area contributed by atoms with Gasteiger partial charge in [0, 0.05) is 12.7 Å². The van der Waals surface area contributed by atoms with Gasteiger partial charge in [-0.3, -0.25) is 0 Å². The highest BCUT2D eigenvalue weighted by Gasteiger charge is 2.51. The quantitative estimate of drug-likeness (QED) is 0.196. The summed E-state index contributed by atoms with van der Waals surface area (Å²) in [5, 5.41) is 13.9. The number of benzene rings is 2. The second-order valence-corrected chi connectivity index (χ2v) is 24.3. The van der Waals surface area contributed by atoms with Gasteiger partial charge in [0.1, 0.15) is 12.2 Å². The van der Waals surface area contributed by atoms with Gasteiger partial charge < -0.3 is 23.4 Å². The van der Waals surface area contributed by atoms with E-state index in [-0.39, 0.29) is 28.2 Å². The van der Waals surface area contributed by atoms with Crippen LogP contribution < -0.4 is 10.4 Å². The molecule has 0 saturated carbocycles. The van der Waals surface area contributed by atoms with Gasteiger partial charge in [-0.15, -0.1) is 0 Å². The minimum atomic E-state index is -2.67. The van der Waals surface area contributed by atoms with Crippen molar-refractivity contribution in [1.82, 2.24) is 0 Å². The molecule has 1 heterocycles. The highest BCUT2D eigenvalue weighted by atomic mass is 28.4. The summed E-state index contributed by atoms with van der Waals surface area (Å²) in [6.45, 7) is 26.8. The lowest BCUT2D eigenvalue weighted by Crippen LogP contribution is -2.66. The van der Waals surface area contributed by atoms with Crippen molar-refractivity contribution in [2.24, 2.45) is 5.92 Å². The van der Waals surface area contributed by atoms with Crippen LogP contribution in [0.4, 0.5) is 0 Å². The third kappa shape index (κ3) is 8.57. The zero-order chi connectivity index (χ0) is 32.3. The second kappa shape index (κ2) is 13.8. The first-order valence-corrected chi connectivity index (χ1v) is 20.8. The molecule has 1 N–H and O–H groups in total. The van der Waals surface area contributed by atoms with E-state index in [1.54, 1.807) is 0 Å². The van der Waals surface area contributed by atoms with Crippen molar-refractivity contribution in [1.29, 1.82) is 0 Å². The van der Waals surface area contributed by atoms with Crippen molar-refractivity contribution in [2.75, 3.05) is 6.61 Å². The molecular formula is C36H58O5Si2. The summed E-state index contributed by atoms with van der Waals surface area (Å²) < 4.78 is 26.3. The molecule has 3 rings (SSSR count). The molecule has 0 amide bonds. The molecule has 1 aliphatic heterocycles. The zero-order valence-corrected chi connectivity index (χ0v) is 30.8. The minimum Gasteiger partial charge on any atom is -0.414 e. The Hall–Kier alpha value is -1.59. The SMILES string of the molecule is C[C@H](/C=C\C(O)[C@H]1OC(C)(C)O[C@H]1CCO[Si](c1ccccc1)(c1ccccc1)C(C)(C)C)[C@H](C)O[Si](C)(C)C(C)(C)C. The van der Waals surface area contributed by atoms with Gasteiger partial charge in [0.15, 0.2) is 14.1 Å². The molecule has 1 aliphatic rings. The van der Waals surface area contributed by atoms with Gasteiger partial charge >= 0.3 is 0 Å². The summed E-state index contributed by atoms with van der Waals surface area (Å²) in [4.78, 5) is 0. The molecular weight excluding hydrogens is 569 g/mol. The molecule has 1 fully saturated rings. The van der Waals surface area contributed by atoms with E-state index in [4.69, 9.17) is 18.3 Å². The van der Waals surface area contributed by atoms with E-state index in [9.17, 15) is 5.11 Å². The molecule has 240 valence electrons. The molecule has 7 heteroatoms. The van der Waals surface area contributed by atoms with Crippen molar-refractivity contribution in [3.05, 3.63) is 72.8 Å². The Balaban J connectivity index is 1.77. The molecule has 1 unspecified atom stereocenters. The Morgan fingerprint density at radius 3 is 1.81 bits per heavy atom. The van der Waals surface area contributed by atoms with E-state index in [1.165, 1.54) is 10.4 Å². The third-order valence-corrected chi connectivity index (χ3v) is 19.0. The molecule has 0 bridgehead atoms. The van der Waals surface area contributed by atoms with E-state index in [0.717, 1.165) is 0 Å². The molecule has 5 atom stereocenters. The molecule has 0 aliphatic carbocycles. The zero-order valence-electron chi connectivity index (χ0n) is 28.8. The third-order valence-electron chi connectivity index (χ3n) is 9.33. The van der Waals surface area contributed by atoms with Crippen LogP contribution in [0.2, 0.25) is 23.2 Å². The van der Waals surface area contributed by atoms with Gasteiger partial charge in [-0.2, -0.15) is 0 Å². The standard InChI is InChI=1S/C36H58O5Si2/c1-27(28(2)41-42(11,12)34(3,4)5)23-24-31(37)33-32(39-36(9,10)40-33)25-26-38-43(35(6,7)8,29-19-15-13-16-20-29)30-21-17-14-18-22-30/h13-24,27-28,31-33,37H,25-26H2,1-12H3/b24-23-/t27-,28+,31?,32+,33-/m1/s1. The molecule has 0 spiro atoms. The number of rotatable bonds is 12. The highest BCUT2D eigenvalue weighted by Crippen LogP contribution is 2.39. The van der Waals surface area contributed by atoms with Gasteiger partial charge in [-0.1, -0.05) is 121 Å². The Morgan fingerprint density at radius 1 is 0.837 bits per heavy atom. The lowest BCUT2D eigenvalue weighted by molar-refractivity contribution is -0.153. The van der Waals surface area contributed by atoms with Gasteiger partial charge in [-0.05, 0) is 66.7 Å². The van der Waals surface area contributed by atoms with Crippen molar-refractivity contribution < 1.29 is 23.4 Å². The fourth-order valence-corrected chi connectivity index (χ4v) is 11.8. The number of hydrogen-bond acceptors (Lipinski definition) is 5. The fourth-order valence-electron chi connectivity index (χ4n) is 5.77. The van der Waals surface area contributed by atoms with Gasteiger partial charge in [0.05, 0.1) is 6.10 Å². The van der Waals surface area contributed by atoms with Crippen molar-refractivity contribution >= 4 is 27.0 Å². The summed E-state index contributed by atoms with van der Waals surface area (Å²) in [5.41, 5.74) is 0. The molecule has 2 aromatic carbocycles. The molecule has 2 aromatic rings. The molecule has 5 nitrogen and oxygen atoms in total. The summed E-state index contributed by atoms with van der Waals surface area (Å²) >= 11 is 0. The maximum Gasteiger partial charge on any atom is 0.261 e. The normalized spacial score (nSPS) is 22.1. The maximum atomic E-state index is 11.3. The van der Waals surface area contributed by atoms with E-state index in [0.29, 0.717) is 13.0 Å². The van der Waals surface area contributed by atoms with Crippen molar-refractivity contribution in [2.45, 2.75) is 129 Å². The smallest absolute Gasteiger partial charge is 0.261 e. The summed E-state index contributed by atoms with van der Waals surface area (Å²) in [6, 6.07) is 21.3. The topological polar surface area (TPSA) is 57.2 Å². The van der Waals surface area contributed by atoms with Crippen molar-refractivity contribution in [3.63, 3.8) is 0 Å². The Bertz CT molecular complexity index is 1130. The largest absolute Gasteiger partial charge is 0.414 e. The van der Waals surface area contributed by atoms with E-state index in [1.807, 2.05) is 19.9 Å². The lowest BCUT2D eigenvalue weighted by atomic mass is 10.0. The first-order valence-electron chi connectivity index (χ1n) is 16.0. The van der Waals surface area contributed by atoms with Crippen LogP contribution in [0.25, 0.3) is 0 Å². The first kappa shape index (κ1) is 35.9. The van der Waals surface area contributed by atoms with Crippen LogP contribution in [0, 0.1) is 5.92 Å². The molecule has 1 saturated heterocycles. The van der Waals surface area contributed by atoms with Crippen LogP contribution in [0.1, 0.15) is 75.7 Å². The van der Waals surface area contributed by atoms with E-state index in [2.05, 4.69) is 135 Å². The number of ether oxygens (including phenoxy) is 2. The van der Waals surface area contributed by atoms with Crippen LogP contribution in [0.5, 0.6) is 0 Å². The average molecular weight is 627 g/mol. The number of aliphatic hydroxyl groups excluding tert-OH is 1. The van der Waals surface area contributed by atoms with Crippen LogP contribution in [0.15, 0.2) is 72.8 Å². The number of hydrogen-bond donors (Lipinski definition) is 1. The Kier molecular flexibility index (Phi) is 11.5. The maximum absolute atomic E-state index is 11.3. The lowest BCUT2D eigenvalue weighted by Gasteiger charge is -2.43. The van der Waals surface area contributed by atoms with Crippen molar-refractivity contribution in [3.8, 4) is 0 Å². The molecule has 43 heavy (non-hydrogen) atoms. The second-order valence-electron chi connectivity index (χ2n) is 15.3. The molecule has 0 radical (unpaired) electrons. The number of aliphatic hydroxyl groups is 1. The van der Waals surface area contributed by atoms with E-state index >= 15 is 0 Å². The predicted octanol–water partition coefficient (Wildman–Crippen LogP) is 7.44. The van der Waals surface area contributed by atoms with Crippen LogP contribution >= 0.6 is 0 Å². The van der Waals surface area contributed by atoms with Crippen LogP contribution in [-0.4, -0.2) is 58.6 Å². The van der Waals surface area contributed by atoms with Gasteiger partial charge in [0.25, 0.3) is 8.32 Å². The minimum absolute atomic E-state index is 0.0529. The van der Waals surface area contributed by atoms with Gasteiger partial charge in [0.2, 0.25) is 0 Å². The van der Waals surface area contributed by atoms with Gasteiger partial charge in [-0.25, -0.2) is 0 Å². The molecule has 0 aromatic heterocycles.